The number of imidazole rings is 1. The predicted octanol–water partition coefficient (Wildman–Crippen LogP) is 2.41. The number of carbonyl (C=O) groups is 2. The summed E-state index contributed by atoms with van der Waals surface area (Å²) in [7, 11) is 1.95. The van der Waals surface area contributed by atoms with E-state index in [9.17, 15) is 18.0 Å². The third-order valence-corrected chi connectivity index (χ3v) is 5.04. The van der Waals surface area contributed by atoms with Crippen LogP contribution in [0.5, 0.6) is 11.5 Å². The van der Waals surface area contributed by atoms with Crippen molar-refractivity contribution in [3.05, 3.63) is 41.5 Å². The van der Waals surface area contributed by atoms with Gasteiger partial charge in [-0.05, 0) is 31.5 Å². The number of nitrogens with zero attached hydrogens (tertiary/aromatic N) is 3. The van der Waals surface area contributed by atoms with Gasteiger partial charge in [0.1, 0.15) is 0 Å². The van der Waals surface area contributed by atoms with E-state index in [-0.39, 0.29) is 24.7 Å². The zero-order valence-electron chi connectivity index (χ0n) is 18.3. The van der Waals surface area contributed by atoms with Crippen molar-refractivity contribution in [1.29, 1.82) is 0 Å². The molecule has 0 radical (unpaired) electrons. The highest BCUT2D eigenvalue weighted by Gasteiger charge is 2.38. The Morgan fingerprint density at radius 3 is 2.58 bits per heavy atom. The summed E-state index contributed by atoms with van der Waals surface area (Å²) in [5.41, 5.74) is 3.13. The predicted molar refractivity (Wildman–Crippen MR) is 110 cm³/mol. The van der Waals surface area contributed by atoms with E-state index in [1.54, 1.807) is 6.33 Å². The van der Waals surface area contributed by atoms with Gasteiger partial charge < -0.3 is 24.5 Å². The molecule has 3 heterocycles. The van der Waals surface area contributed by atoms with Crippen LogP contribution in [0.1, 0.15) is 36.7 Å². The Hall–Kier alpha value is -3.28. The monoisotopic (exact) mass is 470 g/mol. The Kier molecular flexibility index (Phi) is 7.15. The fourth-order valence-electron chi connectivity index (χ4n) is 3.69. The average Bonchev–Trinajstić information content (AvgIpc) is 3.33. The lowest BCUT2D eigenvalue weighted by Crippen LogP contribution is -2.43. The summed E-state index contributed by atoms with van der Waals surface area (Å²) in [5.74, 6) is -1.35. The number of ether oxygens (including phenoxy) is 2. The normalized spacial score (nSPS) is 17.2. The summed E-state index contributed by atoms with van der Waals surface area (Å²) in [6.45, 7) is 6.37. The van der Waals surface area contributed by atoms with E-state index in [4.69, 9.17) is 19.4 Å². The summed E-state index contributed by atoms with van der Waals surface area (Å²) in [6.07, 6.45) is -3.29. The zero-order chi connectivity index (χ0) is 24.3. The Labute approximate surface area is 188 Å². The van der Waals surface area contributed by atoms with Crippen LogP contribution in [0.15, 0.2) is 24.5 Å². The molecular weight excluding hydrogens is 445 g/mol. The molecule has 4 rings (SSSR count). The lowest BCUT2D eigenvalue weighted by molar-refractivity contribution is -0.192. The maximum atomic E-state index is 12.8. The van der Waals surface area contributed by atoms with Crippen molar-refractivity contribution < 1.29 is 37.3 Å². The summed E-state index contributed by atoms with van der Waals surface area (Å²) in [4.78, 5) is 28.4. The number of carbonyl (C=O) groups excluding carboxylic acids is 1. The van der Waals surface area contributed by atoms with Crippen LogP contribution < -0.4 is 14.8 Å². The molecular formula is C21H25F3N4O5. The molecule has 2 N–H and O–H groups in total. The van der Waals surface area contributed by atoms with Gasteiger partial charge in [-0.2, -0.15) is 13.2 Å². The quantitative estimate of drug-likeness (QED) is 0.707. The molecule has 0 spiro atoms. The molecule has 0 bridgehead atoms. The van der Waals surface area contributed by atoms with Gasteiger partial charge >= 0.3 is 12.1 Å². The van der Waals surface area contributed by atoms with Gasteiger partial charge in [0.2, 0.25) is 12.7 Å². The van der Waals surface area contributed by atoms with Crippen LogP contribution >= 0.6 is 0 Å². The second kappa shape index (κ2) is 9.69. The molecule has 1 atom stereocenters. The number of rotatable bonds is 4. The van der Waals surface area contributed by atoms with Crippen LogP contribution in [0.2, 0.25) is 0 Å². The minimum absolute atomic E-state index is 0.0558. The number of hydrogen-bond donors (Lipinski definition) is 2. The van der Waals surface area contributed by atoms with E-state index in [2.05, 4.69) is 15.2 Å². The van der Waals surface area contributed by atoms with Gasteiger partial charge in [0.05, 0.1) is 23.6 Å². The second-order valence-corrected chi connectivity index (χ2v) is 8.06. The Balaban J connectivity index is 0.000000383. The number of aromatic nitrogens is 2. The molecule has 180 valence electrons. The summed E-state index contributed by atoms with van der Waals surface area (Å²) < 4.78 is 44.6. The van der Waals surface area contributed by atoms with Gasteiger partial charge in [-0.1, -0.05) is 6.07 Å². The highest BCUT2D eigenvalue weighted by atomic mass is 19.4. The van der Waals surface area contributed by atoms with E-state index in [1.807, 2.05) is 43.7 Å². The standard InChI is InChI=1S/C19H24N4O3.C2HF3O2/c1-12(2)21-19(24)14-8-23(9-15-18(14)22(3)10-20-15)7-13-4-5-16-17(6-13)26-11-25-16;3-2(4,5)1(6)7/h4-6,10,12,14H,7-9,11H2,1-3H3,(H,21,24);(H,6,7). The van der Waals surface area contributed by atoms with Crippen molar-refractivity contribution >= 4 is 11.9 Å². The fraction of sp³-hybridized carbons (Fsp3) is 0.476. The first-order valence-corrected chi connectivity index (χ1v) is 10.2. The zero-order valence-corrected chi connectivity index (χ0v) is 18.3. The van der Waals surface area contributed by atoms with Crippen LogP contribution in [0.25, 0.3) is 0 Å². The van der Waals surface area contributed by atoms with Gasteiger partial charge in [-0.3, -0.25) is 9.69 Å². The number of carboxylic acids is 1. The SMILES string of the molecule is CC(C)NC(=O)C1CN(Cc2ccc3c(c2)OCO3)Cc2ncn(C)c21.O=C(O)C(F)(F)F. The van der Waals surface area contributed by atoms with Crippen LogP contribution in [-0.4, -0.2) is 57.0 Å². The highest BCUT2D eigenvalue weighted by molar-refractivity contribution is 5.84. The first-order valence-electron chi connectivity index (χ1n) is 10.2. The topological polar surface area (TPSA) is 106 Å². The molecule has 0 fully saturated rings. The van der Waals surface area contributed by atoms with Gasteiger partial charge in [0.15, 0.2) is 11.5 Å². The van der Waals surface area contributed by atoms with Gasteiger partial charge in [0, 0.05) is 32.7 Å². The van der Waals surface area contributed by atoms with Gasteiger partial charge in [-0.25, -0.2) is 9.78 Å². The molecule has 1 amide bonds. The van der Waals surface area contributed by atoms with Crippen LogP contribution in [0.4, 0.5) is 13.2 Å². The number of aryl methyl sites for hydroxylation is 1. The summed E-state index contributed by atoms with van der Waals surface area (Å²) in [6, 6.07) is 6.12. The number of nitrogens with one attached hydrogen (secondary N) is 1. The van der Waals surface area contributed by atoms with Gasteiger partial charge in [0.25, 0.3) is 0 Å². The Bertz CT molecular complexity index is 1020. The molecule has 2 aliphatic heterocycles. The second-order valence-electron chi connectivity index (χ2n) is 8.06. The van der Waals surface area contributed by atoms with Crippen molar-refractivity contribution in [2.24, 2.45) is 7.05 Å². The largest absolute Gasteiger partial charge is 0.490 e. The molecule has 33 heavy (non-hydrogen) atoms. The molecule has 1 aromatic heterocycles. The van der Waals surface area contributed by atoms with E-state index in [0.717, 1.165) is 41.5 Å². The maximum Gasteiger partial charge on any atom is 0.490 e. The van der Waals surface area contributed by atoms with Gasteiger partial charge in [-0.15, -0.1) is 0 Å². The number of alkyl halides is 3. The molecule has 0 saturated carbocycles. The number of halogens is 3. The number of aliphatic carboxylic acids is 1. The lowest BCUT2D eigenvalue weighted by atomic mass is 9.96. The minimum Gasteiger partial charge on any atom is -0.475 e. The highest BCUT2D eigenvalue weighted by Crippen LogP contribution is 2.34. The molecule has 9 nitrogen and oxygen atoms in total. The Morgan fingerprint density at radius 2 is 1.94 bits per heavy atom. The minimum atomic E-state index is -5.08. The third kappa shape index (κ3) is 5.95. The van der Waals surface area contributed by atoms with Crippen molar-refractivity contribution in [2.75, 3.05) is 13.3 Å². The maximum absolute atomic E-state index is 12.8. The van der Waals surface area contributed by atoms with Crippen molar-refractivity contribution in [2.45, 2.75) is 45.1 Å². The van der Waals surface area contributed by atoms with E-state index in [0.29, 0.717) is 6.54 Å². The van der Waals surface area contributed by atoms with Crippen LogP contribution in [0, 0.1) is 0 Å². The first-order chi connectivity index (χ1) is 15.5. The lowest BCUT2D eigenvalue weighted by Gasteiger charge is -2.32. The molecule has 1 unspecified atom stereocenters. The third-order valence-electron chi connectivity index (χ3n) is 5.04. The molecule has 2 aromatic rings. The average molecular weight is 470 g/mol. The summed E-state index contributed by atoms with van der Waals surface area (Å²) >= 11 is 0. The molecule has 0 saturated heterocycles. The van der Waals surface area contributed by atoms with Crippen molar-refractivity contribution in [3.63, 3.8) is 0 Å². The number of amides is 1. The van der Waals surface area contributed by atoms with E-state index >= 15 is 0 Å². The molecule has 1 aromatic carbocycles. The van der Waals surface area contributed by atoms with Crippen LogP contribution in [0.3, 0.4) is 0 Å². The Morgan fingerprint density at radius 1 is 1.27 bits per heavy atom. The number of benzene rings is 1. The fourth-order valence-corrected chi connectivity index (χ4v) is 3.69. The number of carboxylic acid groups (broad SMARTS) is 1. The van der Waals surface area contributed by atoms with Crippen molar-refractivity contribution in [1.82, 2.24) is 19.8 Å². The number of fused-ring (bicyclic) bond motifs is 2. The number of hydrogen-bond acceptors (Lipinski definition) is 6. The van der Waals surface area contributed by atoms with Crippen LogP contribution in [-0.2, 0) is 29.7 Å². The van der Waals surface area contributed by atoms with Crippen molar-refractivity contribution in [3.8, 4) is 11.5 Å². The van der Waals surface area contributed by atoms with E-state index < -0.39 is 12.1 Å². The molecule has 2 aliphatic rings. The van der Waals surface area contributed by atoms with E-state index in [1.165, 1.54) is 0 Å². The first kappa shape index (κ1) is 24.4. The molecule has 12 heteroatoms. The summed E-state index contributed by atoms with van der Waals surface area (Å²) in [5, 5.41) is 10.2. The molecule has 0 aliphatic carbocycles. The smallest absolute Gasteiger partial charge is 0.475 e.